The summed E-state index contributed by atoms with van der Waals surface area (Å²) >= 11 is 14.4. The molecule has 18 heteroatoms. The molecule has 7 aromatic rings. The number of aliphatic hydroxyl groups excluding tert-OH is 1. The van der Waals surface area contributed by atoms with E-state index in [1.165, 1.54) is 0 Å². The van der Waals surface area contributed by atoms with Gasteiger partial charge in [0.2, 0.25) is 0 Å². The second kappa shape index (κ2) is 19.4. The third kappa shape index (κ3) is 11.2. The predicted octanol–water partition coefficient (Wildman–Crippen LogP) is 9.75. The van der Waals surface area contributed by atoms with Crippen molar-refractivity contribution in [2.75, 3.05) is 23.8 Å². The van der Waals surface area contributed by atoms with E-state index >= 15 is 0 Å². The first-order valence-electron chi connectivity index (χ1n) is 21.1. The van der Waals surface area contributed by atoms with E-state index in [1.807, 2.05) is 92.7 Å². The number of fused-ring (bicyclic) bond motifs is 4. The molecule has 9 rings (SSSR count). The van der Waals surface area contributed by atoms with E-state index in [4.69, 9.17) is 59.1 Å². The molecule has 0 aliphatic carbocycles. The van der Waals surface area contributed by atoms with Crippen molar-refractivity contribution in [3.8, 4) is 22.5 Å². The Morgan fingerprint density at radius 3 is 1.54 bits per heavy atom. The van der Waals surface area contributed by atoms with Crippen LogP contribution < -0.4 is 21.3 Å². The Balaban J connectivity index is 0.000000183. The number of hydrogen-bond acceptors (Lipinski definition) is 10. The highest BCUT2D eigenvalue weighted by Gasteiger charge is 2.33. The van der Waals surface area contributed by atoms with Crippen LogP contribution in [0.3, 0.4) is 0 Å². The van der Waals surface area contributed by atoms with Gasteiger partial charge in [0.15, 0.2) is 0 Å². The van der Waals surface area contributed by atoms with Crippen molar-refractivity contribution >= 4 is 84.9 Å². The van der Waals surface area contributed by atoms with Crippen molar-refractivity contribution in [2.24, 2.45) is 0 Å². The van der Waals surface area contributed by atoms with Gasteiger partial charge in [-0.1, -0.05) is 54.6 Å². The Labute approximate surface area is 392 Å². The first kappa shape index (κ1) is 47.3. The topological polar surface area (TPSA) is 195 Å². The van der Waals surface area contributed by atoms with Gasteiger partial charge in [0.05, 0.1) is 76.8 Å². The first-order valence-corrected chi connectivity index (χ1v) is 22.4. The van der Waals surface area contributed by atoms with Crippen LogP contribution in [-0.4, -0.2) is 76.1 Å². The maximum Gasteiger partial charge on any atom is 0.450 e. The third-order valence-corrected chi connectivity index (χ3v) is 10.4. The monoisotopic (exact) mass is 936 g/mol. The summed E-state index contributed by atoms with van der Waals surface area (Å²) in [6, 6.07) is 24.9. The van der Waals surface area contributed by atoms with Gasteiger partial charge < -0.3 is 41.1 Å². The summed E-state index contributed by atoms with van der Waals surface area (Å²) in [5, 5.41) is 22.1. The smallest absolute Gasteiger partial charge is 0.394 e. The predicted molar refractivity (Wildman–Crippen MR) is 262 cm³/mol. The number of anilines is 2. The van der Waals surface area contributed by atoms with Crippen LogP contribution in [-0.2, 0) is 11.3 Å². The number of ether oxygens (including phenoxy) is 1. The molecule has 2 aliphatic rings. The van der Waals surface area contributed by atoms with Crippen LogP contribution in [0.2, 0.25) is 0 Å². The summed E-state index contributed by atoms with van der Waals surface area (Å²) in [5.41, 5.74) is 11.9. The number of halogens is 3. The van der Waals surface area contributed by atoms with Crippen molar-refractivity contribution in [3.05, 3.63) is 118 Å². The van der Waals surface area contributed by atoms with Gasteiger partial charge >= 0.3 is 4.96 Å². The normalized spacial score (nSPS) is 15.3. The minimum absolute atomic E-state index is 0.0944. The molecule has 0 saturated carbocycles. The zero-order chi connectivity index (χ0) is 46.8. The van der Waals surface area contributed by atoms with Gasteiger partial charge in [-0.15, -0.1) is 0 Å². The van der Waals surface area contributed by atoms with E-state index in [-0.39, 0.29) is 35.5 Å². The molecular formula is C47H52BCl3N10O4. The van der Waals surface area contributed by atoms with Crippen LogP contribution in [0, 0.1) is 13.8 Å². The summed E-state index contributed by atoms with van der Waals surface area (Å²) < 4.78 is 5.90. The zero-order valence-corrected chi connectivity index (χ0v) is 39.7. The second-order valence-corrected chi connectivity index (χ2v) is 19.9. The largest absolute Gasteiger partial charge is 0.450 e. The number of aliphatic hydroxyl groups is 1. The molecule has 2 atom stereocenters. The lowest BCUT2D eigenvalue weighted by Gasteiger charge is -2.22. The molecule has 2 amide bonds. The lowest BCUT2D eigenvalue weighted by molar-refractivity contribution is 0.0840. The molecular weight excluding hydrogens is 886 g/mol. The molecule has 0 saturated heterocycles. The number of carbonyl (C=O) groups is 2. The van der Waals surface area contributed by atoms with E-state index < -0.39 is 11.0 Å². The lowest BCUT2D eigenvalue weighted by atomic mass is 10.1. The van der Waals surface area contributed by atoms with Gasteiger partial charge in [-0.2, -0.15) is 34.4 Å². The average Bonchev–Trinajstić information content (AvgIpc) is 4.00. The molecule has 65 heavy (non-hydrogen) atoms. The van der Waals surface area contributed by atoms with E-state index in [2.05, 4.69) is 72.8 Å². The molecule has 14 nitrogen and oxygen atoms in total. The van der Waals surface area contributed by atoms with Crippen LogP contribution in [0.1, 0.15) is 103 Å². The number of amides is 2. The fourth-order valence-electron chi connectivity index (χ4n) is 7.62. The lowest BCUT2D eigenvalue weighted by Crippen LogP contribution is -2.27. The number of hydrogen-bond donors (Lipinski definition) is 7. The minimum Gasteiger partial charge on any atom is -0.394 e. The molecule has 0 spiro atoms. The van der Waals surface area contributed by atoms with Crippen molar-refractivity contribution in [2.45, 2.75) is 85.2 Å². The number of benzene rings is 3. The second-order valence-electron chi connectivity index (χ2n) is 17.9. The molecule has 0 bridgehead atoms. The van der Waals surface area contributed by atoms with Gasteiger partial charge in [-0.05, 0) is 85.2 Å². The summed E-state index contributed by atoms with van der Waals surface area (Å²) in [7, 11) is 0. The first-order chi connectivity index (χ1) is 30.8. The van der Waals surface area contributed by atoms with Crippen molar-refractivity contribution in [3.63, 3.8) is 0 Å². The average molecular weight is 938 g/mol. The van der Waals surface area contributed by atoms with Crippen LogP contribution in [0.15, 0.2) is 78.9 Å². The summed E-state index contributed by atoms with van der Waals surface area (Å²) in [6.07, 6.45) is 0. The minimum atomic E-state index is -0.750. The van der Waals surface area contributed by atoms with Gasteiger partial charge in [-0.3, -0.25) is 9.59 Å². The van der Waals surface area contributed by atoms with Crippen LogP contribution in [0.5, 0.6) is 0 Å². The summed E-state index contributed by atoms with van der Waals surface area (Å²) in [6.45, 7) is 17.2. The third-order valence-electron chi connectivity index (χ3n) is 10.4. The molecule has 3 aromatic carbocycles. The molecule has 0 radical (unpaired) electrons. The molecule has 6 heterocycles. The number of nitrogens with zero attached hydrogens (tertiary/aromatic N) is 4. The van der Waals surface area contributed by atoms with Crippen molar-refractivity contribution < 1.29 is 19.4 Å². The Hall–Kier alpha value is -5.71. The standard InChI is InChI=1S/C27H29N5O2.C20H23N5O2.BCl3/c1-16-25(32-27(2,3)4)31-23-18(11-8-12-20(23)28-16)21-13-19-24(29-21)22(30-26(19)33)15-34-14-17-9-6-5-7-10-17;1-10-18(25-20(2,3)4)24-16-11(6-5-7-13(16)21-10)14-8-12-17(22-14)15(9-26)23-19(12)27;2-1(3)4/h5-13,22,29H,14-15H2,1-4H3,(H,30,33)(H,31,32);5-8,15,22,26H,9H2,1-4H3,(H,23,27)(H,24,25);. The molecule has 4 aromatic heterocycles. The quantitative estimate of drug-likeness (QED) is 0.0685. The molecule has 7 N–H and O–H groups in total. The fraction of sp³-hybridized carbons (Fsp3) is 0.319. The van der Waals surface area contributed by atoms with Crippen molar-refractivity contribution in [1.82, 2.24) is 40.5 Å². The number of H-pyrrole nitrogens is 2. The Morgan fingerprint density at radius 2 is 1.09 bits per heavy atom. The Kier molecular flexibility index (Phi) is 14.1. The molecule has 338 valence electrons. The number of aromatic amines is 2. The number of rotatable bonds is 9. The number of para-hydroxylation sites is 2. The molecule has 2 aliphatic heterocycles. The van der Waals surface area contributed by atoms with E-state index in [9.17, 15) is 14.7 Å². The van der Waals surface area contributed by atoms with Gasteiger partial charge in [0, 0.05) is 33.6 Å². The SMILES string of the molecule is Cc1nc2cccc(-c3cc4c([nH]3)C(CO)NC4=O)c2nc1NC(C)(C)C.Cc1nc2cccc(-c3cc4c([nH]3)C(COCc3ccccc3)NC4=O)c2nc1NC(C)(C)C.ClB(Cl)Cl. The molecule has 0 fully saturated rings. The van der Waals surface area contributed by atoms with Crippen LogP contribution in [0.4, 0.5) is 11.6 Å². The maximum atomic E-state index is 12.6. The molecule has 2 unspecified atom stereocenters. The van der Waals surface area contributed by atoms with Crippen LogP contribution in [0.25, 0.3) is 44.6 Å². The van der Waals surface area contributed by atoms with Gasteiger partial charge in [-0.25, -0.2) is 19.9 Å². The van der Waals surface area contributed by atoms with Gasteiger partial charge in [0.1, 0.15) is 22.7 Å². The Morgan fingerprint density at radius 1 is 0.646 bits per heavy atom. The highest BCUT2D eigenvalue weighted by atomic mass is 35.6. The van der Waals surface area contributed by atoms with Crippen molar-refractivity contribution in [1.29, 1.82) is 0 Å². The number of aromatic nitrogens is 6. The number of carbonyl (C=O) groups excluding carboxylic acids is 2. The fourth-order valence-corrected chi connectivity index (χ4v) is 7.62. The maximum absolute atomic E-state index is 12.6. The van der Waals surface area contributed by atoms with E-state index in [0.29, 0.717) is 30.0 Å². The highest BCUT2D eigenvalue weighted by molar-refractivity contribution is 7.54. The number of nitrogens with one attached hydrogen (secondary N) is 6. The zero-order valence-electron chi connectivity index (χ0n) is 37.5. The number of aryl methyl sites for hydroxylation is 2. The summed E-state index contributed by atoms with van der Waals surface area (Å²) in [5.74, 6) is 1.23. The van der Waals surface area contributed by atoms with E-state index in [1.54, 1.807) is 0 Å². The van der Waals surface area contributed by atoms with Crippen LogP contribution >= 0.6 is 34.4 Å². The summed E-state index contributed by atoms with van der Waals surface area (Å²) in [4.78, 5) is 50.0. The Bertz CT molecular complexity index is 2860. The van der Waals surface area contributed by atoms with E-state index in [0.717, 1.165) is 78.9 Å². The van der Waals surface area contributed by atoms with Gasteiger partial charge in [0.25, 0.3) is 11.8 Å². The highest BCUT2D eigenvalue weighted by Crippen LogP contribution is 2.36.